The van der Waals surface area contributed by atoms with Crippen LogP contribution in [0, 0.1) is 13.8 Å². The van der Waals surface area contributed by atoms with Crippen molar-refractivity contribution in [1.29, 1.82) is 0 Å². The Morgan fingerprint density at radius 1 is 1.41 bits per heavy atom. The number of anilines is 1. The molecule has 0 saturated heterocycles. The van der Waals surface area contributed by atoms with Gasteiger partial charge >= 0.3 is 5.97 Å². The number of hydrogen-bond donors (Lipinski definition) is 2. The van der Waals surface area contributed by atoms with Crippen molar-refractivity contribution in [1.82, 2.24) is 0 Å². The zero-order chi connectivity index (χ0) is 13.0. The zero-order valence-corrected chi connectivity index (χ0v) is 10.5. The van der Waals surface area contributed by atoms with Crippen molar-refractivity contribution in [3.8, 4) is 0 Å². The minimum Gasteiger partial charge on any atom is -0.481 e. The smallest absolute Gasteiger partial charge is 0.306 e. The van der Waals surface area contributed by atoms with Gasteiger partial charge in [-0.1, -0.05) is 17.7 Å². The Morgan fingerprint density at radius 2 is 2.06 bits per heavy atom. The molecule has 17 heavy (non-hydrogen) atoms. The van der Waals surface area contributed by atoms with E-state index in [9.17, 15) is 9.90 Å². The maximum absolute atomic E-state index is 10.5. The topological polar surface area (TPSA) is 60.8 Å². The van der Waals surface area contributed by atoms with Gasteiger partial charge in [0.15, 0.2) is 0 Å². The molecule has 0 aliphatic rings. The van der Waals surface area contributed by atoms with E-state index in [1.165, 1.54) is 5.56 Å². The number of aliphatic hydroxyl groups excluding tert-OH is 1. The molecular formula is C13H19NO3. The van der Waals surface area contributed by atoms with Crippen LogP contribution in [-0.2, 0) is 4.79 Å². The van der Waals surface area contributed by atoms with Gasteiger partial charge in [0.05, 0.1) is 12.5 Å². The number of likely N-dealkylation sites (N-methyl/N-ethyl adjacent to an activating group) is 1. The predicted octanol–water partition coefficient (Wildman–Crippen LogP) is 1.58. The van der Waals surface area contributed by atoms with Gasteiger partial charge in [-0.2, -0.15) is 0 Å². The molecule has 0 aromatic heterocycles. The fourth-order valence-electron chi connectivity index (χ4n) is 1.91. The molecule has 1 aromatic rings. The number of carbonyl (C=O) groups is 1. The molecule has 4 nitrogen and oxygen atoms in total. The largest absolute Gasteiger partial charge is 0.481 e. The van der Waals surface area contributed by atoms with Gasteiger partial charge in [-0.15, -0.1) is 0 Å². The number of rotatable bonds is 5. The van der Waals surface area contributed by atoms with E-state index in [4.69, 9.17) is 5.11 Å². The maximum Gasteiger partial charge on any atom is 0.306 e. The molecular weight excluding hydrogens is 218 g/mol. The van der Waals surface area contributed by atoms with Crippen LogP contribution in [0.25, 0.3) is 0 Å². The molecule has 0 heterocycles. The normalized spacial score (nSPS) is 12.2. The monoisotopic (exact) mass is 237 g/mol. The maximum atomic E-state index is 10.5. The van der Waals surface area contributed by atoms with Crippen molar-refractivity contribution >= 4 is 11.7 Å². The van der Waals surface area contributed by atoms with Crippen LogP contribution in [0.2, 0.25) is 0 Å². The summed E-state index contributed by atoms with van der Waals surface area (Å²) in [6.07, 6.45) is -1.08. The van der Waals surface area contributed by atoms with Gasteiger partial charge in [0.1, 0.15) is 0 Å². The van der Waals surface area contributed by atoms with E-state index >= 15 is 0 Å². The predicted molar refractivity (Wildman–Crippen MR) is 67.4 cm³/mol. The lowest BCUT2D eigenvalue weighted by molar-refractivity contribution is -0.139. The Bertz CT molecular complexity index is 404. The summed E-state index contributed by atoms with van der Waals surface area (Å²) in [6.45, 7) is 4.34. The van der Waals surface area contributed by atoms with Gasteiger partial charge in [-0.05, 0) is 25.5 Å². The number of hydrogen-bond acceptors (Lipinski definition) is 3. The number of benzene rings is 1. The Morgan fingerprint density at radius 3 is 2.59 bits per heavy atom. The van der Waals surface area contributed by atoms with Crippen LogP contribution in [-0.4, -0.2) is 35.9 Å². The highest BCUT2D eigenvalue weighted by Gasteiger charge is 2.13. The standard InChI is InChI=1S/C13H19NO3/c1-9-4-5-12(10(2)6-9)14(3)8-11(15)7-13(16)17/h4-6,11,15H,7-8H2,1-3H3,(H,16,17). The number of nitrogens with zero attached hydrogens (tertiary/aromatic N) is 1. The molecule has 0 saturated carbocycles. The highest BCUT2D eigenvalue weighted by molar-refractivity contribution is 5.67. The summed E-state index contributed by atoms with van der Waals surface area (Å²) in [5, 5.41) is 18.2. The van der Waals surface area contributed by atoms with Gasteiger partial charge in [0, 0.05) is 19.3 Å². The molecule has 0 aliphatic heterocycles. The third kappa shape index (κ3) is 4.07. The molecule has 94 valence electrons. The van der Waals surface area contributed by atoms with Crippen molar-refractivity contribution in [2.24, 2.45) is 0 Å². The van der Waals surface area contributed by atoms with E-state index in [1.807, 2.05) is 37.9 Å². The number of aliphatic carboxylic acids is 1. The van der Waals surface area contributed by atoms with Crippen LogP contribution in [0.15, 0.2) is 18.2 Å². The molecule has 0 aliphatic carbocycles. The Balaban J connectivity index is 2.69. The summed E-state index contributed by atoms with van der Waals surface area (Å²) in [5.41, 5.74) is 3.32. The van der Waals surface area contributed by atoms with E-state index in [0.29, 0.717) is 6.54 Å². The van der Waals surface area contributed by atoms with E-state index < -0.39 is 12.1 Å². The van der Waals surface area contributed by atoms with Gasteiger partial charge < -0.3 is 15.1 Å². The molecule has 0 fully saturated rings. The van der Waals surface area contributed by atoms with Gasteiger partial charge in [0.25, 0.3) is 0 Å². The highest BCUT2D eigenvalue weighted by atomic mass is 16.4. The summed E-state index contributed by atoms with van der Waals surface area (Å²) in [7, 11) is 1.85. The molecule has 2 N–H and O–H groups in total. The number of carboxylic acids is 1. The lowest BCUT2D eigenvalue weighted by Gasteiger charge is -2.24. The molecule has 0 bridgehead atoms. The molecule has 1 aromatic carbocycles. The SMILES string of the molecule is Cc1ccc(N(C)CC(O)CC(=O)O)c(C)c1. The minimum atomic E-state index is -0.980. The summed E-state index contributed by atoms with van der Waals surface area (Å²) in [5.74, 6) is -0.980. The molecule has 4 heteroatoms. The van der Waals surface area contributed by atoms with E-state index in [2.05, 4.69) is 6.07 Å². The van der Waals surface area contributed by atoms with Crippen LogP contribution < -0.4 is 4.90 Å². The van der Waals surface area contributed by atoms with Gasteiger partial charge in [-0.25, -0.2) is 0 Å². The third-order valence-electron chi connectivity index (χ3n) is 2.66. The van der Waals surface area contributed by atoms with Crippen LogP contribution in [0.3, 0.4) is 0 Å². The highest BCUT2D eigenvalue weighted by Crippen LogP contribution is 2.20. The number of aryl methyl sites for hydroxylation is 2. The molecule has 0 spiro atoms. The molecule has 0 radical (unpaired) electrons. The third-order valence-corrected chi connectivity index (χ3v) is 2.66. The molecule has 1 unspecified atom stereocenters. The van der Waals surface area contributed by atoms with Crippen LogP contribution in [0.4, 0.5) is 5.69 Å². The Hall–Kier alpha value is -1.55. The van der Waals surface area contributed by atoms with Crippen LogP contribution in [0.1, 0.15) is 17.5 Å². The Kier molecular flexibility index (Phi) is 4.52. The van der Waals surface area contributed by atoms with Crippen molar-refractivity contribution in [2.75, 3.05) is 18.5 Å². The van der Waals surface area contributed by atoms with E-state index in [1.54, 1.807) is 0 Å². The van der Waals surface area contributed by atoms with Crippen LogP contribution >= 0.6 is 0 Å². The second kappa shape index (κ2) is 5.68. The van der Waals surface area contributed by atoms with Crippen molar-refractivity contribution in [3.63, 3.8) is 0 Å². The summed E-state index contributed by atoms with van der Waals surface area (Å²) in [6, 6.07) is 6.05. The second-order valence-corrected chi connectivity index (χ2v) is 4.42. The Labute approximate surface area is 101 Å². The average molecular weight is 237 g/mol. The van der Waals surface area contributed by atoms with E-state index in [-0.39, 0.29) is 6.42 Å². The lowest BCUT2D eigenvalue weighted by atomic mass is 10.1. The van der Waals surface area contributed by atoms with E-state index in [0.717, 1.165) is 11.3 Å². The van der Waals surface area contributed by atoms with Crippen molar-refractivity contribution in [2.45, 2.75) is 26.4 Å². The quantitative estimate of drug-likeness (QED) is 0.816. The fourth-order valence-corrected chi connectivity index (χ4v) is 1.91. The number of aliphatic hydroxyl groups is 1. The first kappa shape index (κ1) is 13.5. The summed E-state index contributed by atoms with van der Waals surface area (Å²) < 4.78 is 0. The summed E-state index contributed by atoms with van der Waals surface area (Å²) in [4.78, 5) is 12.3. The first-order valence-corrected chi connectivity index (χ1v) is 5.58. The molecule has 1 rings (SSSR count). The average Bonchev–Trinajstić information content (AvgIpc) is 2.15. The number of carboxylic acid groups (broad SMARTS) is 1. The van der Waals surface area contributed by atoms with Crippen molar-refractivity contribution < 1.29 is 15.0 Å². The van der Waals surface area contributed by atoms with Gasteiger partial charge in [-0.3, -0.25) is 4.79 Å². The first-order valence-electron chi connectivity index (χ1n) is 5.58. The van der Waals surface area contributed by atoms with Crippen molar-refractivity contribution in [3.05, 3.63) is 29.3 Å². The fraction of sp³-hybridized carbons (Fsp3) is 0.462. The zero-order valence-electron chi connectivity index (χ0n) is 10.5. The second-order valence-electron chi connectivity index (χ2n) is 4.42. The first-order chi connectivity index (χ1) is 7.90. The minimum absolute atomic E-state index is 0.227. The molecule has 1 atom stereocenters. The summed E-state index contributed by atoms with van der Waals surface area (Å²) >= 11 is 0. The van der Waals surface area contributed by atoms with Gasteiger partial charge in [0.2, 0.25) is 0 Å². The lowest BCUT2D eigenvalue weighted by Crippen LogP contribution is -2.31. The van der Waals surface area contributed by atoms with Crippen LogP contribution in [0.5, 0.6) is 0 Å². The molecule has 0 amide bonds.